The molecule has 0 radical (unpaired) electrons. The Balaban J connectivity index is 0.000000201. The van der Waals surface area contributed by atoms with Crippen LogP contribution in [-0.4, -0.2) is 47.0 Å². The summed E-state index contributed by atoms with van der Waals surface area (Å²) in [5, 5.41) is 7.35. The number of benzene rings is 2. The van der Waals surface area contributed by atoms with Crippen LogP contribution in [0.25, 0.3) is 0 Å². The highest BCUT2D eigenvalue weighted by atomic mass is 16.5. The molecule has 0 fully saturated rings. The van der Waals surface area contributed by atoms with E-state index in [1.165, 1.54) is 47.5 Å². The monoisotopic (exact) mass is 706 g/mol. The zero-order chi connectivity index (χ0) is 37.0. The molecular weight excluding hydrogens is 652 g/mol. The van der Waals surface area contributed by atoms with E-state index >= 15 is 0 Å². The van der Waals surface area contributed by atoms with Gasteiger partial charge in [0, 0.05) is 36.9 Å². The van der Waals surface area contributed by atoms with E-state index in [9.17, 15) is 9.59 Å². The number of nitrogens with one attached hydrogen (secondary N) is 2. The number of rotatable bonds is 14. The van der Waals surface area contributed by atoms with Gasteiger partial charge in [-0.15, -0.1) is 0 Å². The molecule has 10 heteroatoms. The number of nitrogens with zero attached hydrogens (tertiary/aromatic N) is 2. The van der Waals surface area contributed by atoms with E-state index in [0.29, 0.717) is 40.6 Å². The van der Waals surface area contributed by atoms with Gasteiger partial charge in [0.1, 0.15) is 34.1 Å². The summed E-state index contributed by atoms with van der Waals surface area (Å²) in [7, 11) is 0. The molecule has 2 heterocycles. The third-order valence-electron chi connectivity index (χ3n) is 9.72. The first-order valence-corrected chi connectivity index (χ1v) is 18.6. The van der Waals surface area contributed by atoms with Crippen LogP contribution in [0, 0.1) is 11.8 Å². The van der Waals surface area contributed by atoms with Crippen LogP contribution >= 0.6 is 0 Å². The Kier molecular flexibility index (Phi) is 13.8. The summed E-state index contributed by atoms with van der Waals surface area (Å²) in [5.74, 6) is 2.87. The van der Waals surface area contributed by atoms with Crippen LogP contribution in [-0.2, 0) is 25.7 Å². The molecule has 0 bridgehead atoms. The molecule has 2 aromatic carbocycles. The number of hydrogen-bond donors (Lipinski definition) is 4. The van der Waals surface area contributed by atoms with Crippen LogP contribution in [0.3, 0.4) is 0 Å². The molecule has 0 spiro atoms. The fraction of sp³-hybridized carbons (Fsp3) is 0.429. The summed E-state index contributed by atoms with van der Waals surface area (Å²) < 4.78 is 12.1. The predicted molar refractivity (Wildman–Crippen MR) is 205 cm³/mol. The van der Waals surface area contributed by atoms with E-state index in [0.717, 1.165) is 69.0 Å². The molecule has 276 valence electrons. The number of ether oxygens (including phenoxy) is 2. The lowest BCUT2D eigenvalue weighted by molar-refractivity contribution is 0.0989. The van der Waals surface area contributed by atoms with Crippen molar-refractivity contribution in [2.75, 3.05) is 13.1 Å². The maximum Gasteiger partial charge on any atom is 0.254 e. The highest BCUT2D eigenvalue weighted by Gasteiger charge is 2.24. The fourth-order valence-electron chi connectivity index (χ4n) is 6.77. The number of primary amides is 2. The first kappa shape index (κ1) is 38.4. The number of carbonyl (C=O) groups is 2. The van der Waals surface area contributed by atoms with Crippen molar-refractivity contribution < 1.29 is 19.1 Å². The Hall–Kier alpha value is -4.80. The molecular formula is C42H54N6O4. The van der Waals surface area contributed by atoms with Crippen LogP contribution in [0.2, 0.25) is 0 Å². The molecule has 0 aliphatic heterocycles. The quantitative estimate of drug-likeness (QED) is 0.110. The van der Waals surface area contributed by atoms with Gasteiger partial charge in [-0.25, -0.2) is 0 Å². The van der Waals surface area contributed by atoms with E-state index in [1.54, 1.807) is 24.5 Å². The predicted octanol–water partition coefficient (Wildman–Crippen LogP) is 6.93. The summed E-state index contributed by atoms with van der Waals surface area (Å²) in [5.41, 5.74) is 16.5. The second-order valence-corrected chi connectivity index (χ2v) is 14.6. The Morgan fingerprint density at radius 3 is 1.71 bits per heavy atom. The Morgan fingerprint density at radius 1 is 0.673 bits per heavy atom. The third-order valence-corrected chi connectivity index (χ3v) is 9.72. The van der Waals surface area contributed by atoms with Crippen molar-refractivity contribution in [1.82, 2.24) is 20.6 Å². The van der Waals surface area contributed by atoms with E-state index in [2.05, 4.69) is 60.4 Å². The van der Waals surface area contributed by atoms with Crippen molar-refractivity contribution >= 4 is 11.8 Å². The summed E-state index contributed by atoms with van der Waals surface area (Å²) in [4.78, 5) is 31.1. The number of aromatic nitrogens is 2. The minimum absolute atomic E-state index is 0.299. The van der Waals surface area contributed by atoms with Gasteiger partial charge >= 0.3 is 0 Å². The second kappa shape index (κ2) is 18.6. The van der Waals surface area contributed by atoms with Gasteiger partial charge in [-0.05, 0) is 123 Å². The summed E-state index contributed by atoms with van der Waals surface area (Å²) in [6.07, 6.45) is 14.6. The van der Waals surface area contributed by atoms with Gasteiger partial charge in [-0.2, -0.15) is 0 Å². The van der Waals surface area contributed by atoms with Crippen LogP contribution in [0.1, 0.15) is 96.3 Å². The number of hydrogen-bond acceptors (Lipinski definition) is 8. The van der Waals surface area contributed by atoms with Crippen molar-refractivity contribution in [3.05, 3.63) is 107 Å². The molecule has 0 saturated carbocycles. The molecule has 2 unspecified atom stereocenters. The lowest BCUT2D eigenvalue weighted by Gasteiger charge is -2.27. The van der Waals surface area contributed by atoms with Crippen LogP contribution in [0.4, 0.5) is 0 Å². The smallest absolute Gasteiger partial charge is 0.254 e. The molecule has 2 aliphatic carbocycles. The molecule has 52 heavy (non-hydrogen) atoms. The normalized spacial score (nSPS) is 16.3. The van der Waals surface area contributed by atoms with Crippen molar-refractivity contribution in [2.45, 2.75) is 91.1 Å². The Bertz CT molecular complexity index is 1810. The topological polar surface area (TPSA) is 154 Å². The van der Waals surface area contributed by atoms with Crippen LogP contribution in [0.5, 0.6) is 23.0 Å². The Labute approximate surface area is 308 Å². The van der Waals surface area contributed by atoms with E-state index in [-0.39, 0.29) is 0 Å². The Morgan fingerprint density at radius 2 is 1.17 bits per heavy atom. The van der Waals surface area contributed by atoms with Gasteiger partial charge in [0.2, 0.25) is 0 Å². The first-order valence-electron chi connectivity index (χ1n) is 18.6. The van der Waals surface area contributed by atoms with Gasteiger partial charge in [-0.3, -0.25) is 19.6 Å². The lowest BCUT2D eigenvalue weighted by Crippen LogP contribution is -2.35. The molecule has 6 N–H and O–H groups in total. The molecule has 10 nitrogen and oxygen atoms in total. The molecule has 0 saturated heterocycles. The van der Waals surface area contributed by atoms with Gasteiger partial charge in [0.25, 0.3) is 11.8 Å². The van der Waals surface area contributed by atoms with E-state index in [1.807, 2.05) is 24.3 Å². The zero-order valence-electron chi connectivity index (χ0n) is 31.0. The van der Waals surface area contributed by atoms with Crippen molar-refractivity contribution in [1.29, 1.82) is 0 Å². The van der Waals surface area contributed by atoms with Crippen molar-refractivity contribution in [3.8, 4) is 23.0 Å². The van der Waals surface area contributed by atoms with Crippen LogP contribution in [0.15, 0.2) is 73.3 Å². The molecule has 2 amide bonds. The summed E-state index contributed by atoms with van der Waals surface area (Å²) in [6, 6.07) is 16.6. The highest BCUT2D eigenvalue weighted by molar-refractivity contribution is 5.95. The van der Waals surface area contributed by atoms with Gasteiger partial charge in [0.15, 0.2) is 0 Å². The molecule has 2 aromatic heterocycles. The second-order valence-electron chi connectivity index (χ2n) is 14.6. The van der Waals surface area contributed by atoms with Crippen molar-refractivity contribution in [3.63, 3.8) is 0 Å². The van der Waals surface area contributed by atoms with E-state index < -0.39 is 11.8 Å². The SMILES string of the molecule is CC(C)CCNC1CCc2c(cccc2Oc2ccncc2C(N)=O)C1.CC(C)CCNC1CCc2cccc(Oc3ccncc3C(N)=O)c2C1. The standard InChI is InChI=1S/2C21H27N3O2/c1-14(2)8-11-24-16-6-7-17-15(12-16)4-3-5-19(17)26-20-9-10-23-13-18(20)21(22)25;1-14(2)8-11-24-16-7-6-15-4-3-5-19(17(15)12-16)26-20-9-10-23-13-18(20)21(22)25/h2*3-5,9-10,13-14,16,24H,6-8,11-12H2,1-2H3,(H2,22,25). The largest absolute Gasteiger partial charge is 0.456 e. The molecule has 2 atom stereocenters. The maximum absolute atomic E-state index is 11.6. The molecule has 2 aliphatic rings. The number of pyridine rings is 2. The fourth-order valence-corrected chi connectivity index (χ4v) is 6.77. The summed E-state index contributed by atoms with van der Waals surface area (Å²) >= 11 is 0. The average molecular weight is 707 g/mol. The number of nitrogens with two attached hydrogens (primary N) is 2. The third kappa shape index (κ3) is 10.6. The number of amides is 2. The number of aryl methyl sites for hydroxylation is 1. The minimum atomic E-state index is -0.536. The average Bonchev–Trinajstić information content (AvgIpc) is 3.12. The number of fused-ring (bicyclic) bond motifs is 2. The van der Waals surface area contributed by atoms with Gasteiger partial charge in [-0.1, -0.05) is 52.0 Å². The highest BCUT2D eigenvalue weighted by Crippen LogP contribution is 2.35. The van der Waals surface area contributed by atoms with Crippen molar-refractivity contribution in [2.24, 2.45) is 23.3 Å². The molecule has 6 rings (SSSR count). The first-order chi connectivity index (χ1) is 25.1. The maximum atomic E-state index is 11.6. The van der Waals surface area contributed by atoms with Crippen LogP contribution < -0.4 is 31.6 Å². The van der Waals surface area contributed by atoms with Gasteiger partial charge in [0.05, 0.1) is 0 Å². The lowest BCUT2D eigenvalue weighted by atomic mass is 9.87. The number of carbonyl (C=O) groups excluding carboxylic acids is 2. The van der Waals surface area contributed by atoms with E-state index in [4.69, 9.17) is 20.9 Å². The minimum Gasteiger partial charge on any atom is -0.456 e. The van der Waals surface area contributed by atoms with Gasteiger partial charge < -0.3 is 31.6 Å². The zero-order valence-corrected chi connectivity index (χ0v) is 31.0. The molecule has 4 aromatic rings. The summed E-state index contributed by atoms with van der Waals surface area (Å²) in [6.45, 7) is 11.1.